The van der Waals surface area contributed by atoms with Crippen molar-refractivity contribution in [3.05, 3.63) is 0 Å². The van der Waals surface area contributed by atoms with Crippen molar-refractivity contribution in [2.45, 2.75) is 44.6 Å². The molecule has 2 aliphatic rings. The number of carbonyl (C=O) groups excluding carboxylic acids is 2. The third kappa shape index (κ3) is 4.18. The first kappa shape index (κ1) is 16.3. The summed E-state index contributed by atoms with van der Waals surface area (Å²) < 4.78 is 0. The smallest absolute Gasteiger partial charge is 0.426 e. The second-order valence-corrected chi connectivity index (χ2v) is 5.90. The molecule has 2 amide bonds. The zero-order chi connectivity index (χ0) is 15.4. The van der Waals surface area contributed by atoms with Crippen molar-refractivity contribution in [2.24, 2.45) is 0 Å². The van der Waals surface area contributed by atoms with Gasteiger partial charge in [0, 0.05) is 32.6 Å². The van der Waals surface area contributed by atoms with Gasteiger partial charge in [-0.15, -0.1) is 0 Å². The Morgan fingerprint density at radius 1 is 1.24 bits per heavy atom. The summed E-state index contributed by atoms with van der Waals surface area (Å²) in [5, 5.41) is 21.8. The number of amides is 2. The van der Waals surface area contributed by atoms with Gasteiger partial charge in [0.2, 0.25) is 11.8 Å². The molecule has 21 heavy (non-hydrogen) atoms. The van der Waals surface area contributed by atoms with Crippen molar-refractivity contribution in [1.82, 2.24) is 15.1 Å². The van der Waals surface area contributed by atoms with Gasteiger partial charge in [0.25, 0.3) is 0 Å². The molecular formula is C13H24BN3O4. The van der Waals surface area contributed by atoms with Crippen LogP contribution in [0.2, 0.25) is 0 Å². The lowest BCUT2D eigenvalue weighted by Crippen LogP contribution is -2.52. The molecule has 2 fully saturated rings. The molecule has 0 aliphatic carbocycles. The van der Waals surface area contributed by atoms with E-state index in [1.807, 2.05) is 0 Å². The van der Waals surface area contributed by atoms with Crippen LogP contribution in [-0.2, 0) is 9.59 Å². The molecule has 2 heterocycles. The van der Waals surface area contributed by atoms with Crippen LogP contribution in [-0.4, -0.2) is 76.9 Å². The van der Waals surface area contributed by atoms with Crippen LogP contribution in [0.1, 0.15) is 32.6 Å². The maximum Gasteiger partial charge on any atom is 0.475 e. The summed E-state index contributed by atoms with van der Waals surface area (Å²) in [6, 6.07) is 0.131. The summed E-state index contributed by atoms with van der Waals surface area (Å²) in [4.78, 5) is 26.9. The Labute approximate surface area is 125 Å². The van der Waals surface area contributed by atoms with Crippen molar-refractivity contribution in [1.29, 1.82) is 0 Å². The molecule has 8 heteroatoms. The largest absolute Gasteiger partial charge is 0.475 e. The highest BCUT2D eigenvalue weighted by Crippen LogP contribution is 2.18. The second kappa shape index (κ2) is 7.24. The third-order valence-electron chi connectivity index (χ3n) is 4.37. The molecule has 0 aromatic rings. The highest BCUT2D eigenvalue weighted by atomic mass is 16.4. The van der Waals surface area contributed by atoms with Gasteiger partial charge in [0.15, 0.2) is 0 Å². The lowest BCUT2D eigenvalue weighted by molar-refractivity contribution is -0.130. The summed E-state index contributed by atoms with van der Waals surface area (Å²) >= 11 is 0. The Balaban J connectivity index is 1.79. The number of hydrogen-bond donors (Lipinski definition) is 3. The van der Waals surface area contributed by atoms with Crippen LogP contribution in [0.5, 0.6) is 0 Å². The van der Waals surface area contributed by atoms with E-state index in [0.717, 1.165) is 25.8 Å². The van der Waals surface area contributed by atoms with Crippen LogP contribution in [0.3, 0.4) is 0 Å². The van der Waals surface area contributed by atoms with Gasteiger partial charge in [0.1, 0.15) is 0 Å². The van der Waals surface area contributed by atoms with Gasteiger partial charge in [0.05, 0.1) is 12.5 Å². The van der Waals surface area contributed by atoms with Gasteiger partial charge in [-0.1, -0.05) is 0 Å². The monoisotopic (exact) mass is 297 g/mol. The minimum atomic E-state index is -1.47. The van der Waals surface area contributed by atoms with Gasteiger partial charge >= 0.3 is 7.12 Å². The number of piperidine rings is 1. The minimum absolute atomic E-state index is 0.0656. The molecule has 0 saturated carbocycles. The van der Waals surface area contributed by atoms with E-state index in [1.165, 1.54) is 0 Å². The molecule has 2 aliphatic heterocycles. The van der Waals surface area contributed by atoms with Crippen LogP contribution in [0, 0.1) is 0 Å². The van der Waals surface area contributed by atoms with E-state index in [1.54, 1.807) is 16.7 Å². The summed E-state index contributed by atoms with van der Waals surface area (Å²) in [5.74, 6) is -0.527. The van der Waals surface area contributed by atoms with Crippen molar-refractivity contribution in [3.63, 3.8) is 0 Å². The zero-order valence-corrected chi connectivity index (χ0v) is 12.5. The van der Waals surface area contributed by atoms with Gasteiger partial charge in [-0.25, -0.2) is 0 Å². The number of rotatable bonds is 4. The number of hydrogen-bond acceptors (Lipinski definition) is 5. The molecule has 2 rings (SSSR count). The van der Waals surface area contributed by atoms with Crippen LogP contribution in [0.15, 0.2) is 0 Å². The minimum Gasteiger partial charge on any atom is -0.426 e. The molecule has 0 radical (unpaired) electrons. The van der Waals surface area contributed by atoms with Gasteiger partial charge < -0.3 is 25.2 Å². The van der Waals surface area contributed by atoms with Crippen LogP contribution >= 0.6 is 0 Å². The molecule has 3 N–H and O–H groups in total. The number of nitrogens with one attached hydrogen (secondary N) is 1. The van der Waals surface area contributed by atoms with E-state index in [-0.39, 0.29) is 24.4 Å². The molecule has 2 atom stereocenters. The summed E-state index contributed by atoms with van der Waals surface area (Å²) in [5.41, 5.74) is 0. The Hall–Kier alpha value is -1.12. The lowest BCUT2D eigenvalue weighted by Gasteiger charge is -2.33. The lowest BCUT2D eigenvalue weighted by atomic mass is 9.78. The van der Waals surface area contributed by atoms with E-state index in [4.69, 9.17) is 0 Å². The topological polar surface area (TPSA) is 93.1 Å². The third-order valence-corrected chi connectivity index (χ3v) is 4.37. The first-order valence-electron chi connectivity index (χ1n) is 7.63. The fraction of sp³-hybridized carbons (Fsp3) is 0.846. The van der Waals surface area contributed by atoms with Crippen molar-refractivity contribution < 1.29 is 19.6 Å². The first-order valence-corrected chi connectivity index (χ1v) is 7.63. The highest BCUT2D eigenvalue weighted by molar-refractivity contribution is 6.43. The summed E-state index contributed by atoms with van der Waals surface area (Å²) in [7, 11) is -1.47. The number of carbonyl (C=O) groups is 2. The molecule has 118 valence electrons. The molecule has 7 nitrogen and oxygen atoms in total. The van der Waals surface area contributed by atoms with E-state index in [9.17, 15) is 19.6 Å². The van der Waals surface area contributed by atoms with Crippen LogP contribution in [0.25, 0.3) is 0 Å². The predicted molar refractivity (Wildman–Crippen MR) is 78.2 cm³/mol. The Bertz CT molecular complexity index is 394. The standard InChI is InChI=1S/C13H24BN3O4/c1-10(18)16-6-2-4-11(9-16)15-8-13(19)17-7-3-5-12(17)14(20)21/h11-12,15,20-21H,2-9H2,1H3/t11-,12+/m1/s1. The maximum atomic E-state index is 12.2. The fourth-order valence-corrected chi connectivity index (χ4v) is 3.18. The molecule has 0 aromatic carbocycles. The molecule has 0 bridgehead atoms. The van der Waals surface area contributed by atoms with Crippen molar-refractivity contribution in [2.75, 3.05) is 26.2 Å². The number of likely N-dealkylation sites (tertiary alicyclic amines) is 2. The molecule has 0 unspecified atom stereocenters. The predicted octanol–water partition coefficient (Wildman–Crippen LogP) is -1.41. The Kier molecular flexibility index (Phi) is 5.61. The van der Waals surface area contributed by atoms with Gasteiger partial charge in [-0.3, -0.25) is 9.59 Å². The van der Waals surface area contributed by atoms with Gasteiger partial charge in [-0.2, -0.15) is 0 Å². The highest BCUT2D eigenvalue weighted by Gasteiger charge is 2.36. The average molecular weight is 297 g/mol. The summed E-state index contributed by atoms with van der Waals surface area (Å²) in [6.45, 7) is 3.73. The molecule has 0 aromatic heterocycles. The molecule has 0 spiro atoms. The zero-order valence-electron chi connectivity index (χ0n) is 12.5. The van der Waals surface area contributed by atoms with E-state index in [2.05, 4.69) is 5.32 Å². The van der Waals surface area contributed by atoms with E-state index in [0.29, 0.717) is 19.5 Å². The normalized spacial score (nSPS) is 26.0. The Morgan fingerprint density at radius 3 is 2.62 bits per heavy atom. The summed E-state index contributed by atoms with van der Waals surface area (Å²) in [6.07, 6.45) is 3.32. The van der Waals surface area contributed by atoms with E-state index < -0.39 is 13.1 Å². The SMILES string of the molecule is CC(=O)N1CCC[C@@H](NCC(=O)N2CCC[C@H]2B(O)O)C1. The number of nitrogens with zero attached hydrogens (tertiary/aromatic N) is 2. The van der Waals surface area contributed by atoms with Crippen molar-refractivity contribution >= 4 is 18.9 Å². The average Bonchev–Trinajstić information content (AvgIpc) is 2.94. The van der Waals surface area contributed by atoms with Crippen LogP contribution < -0.4 is 5.32 Å². The fourth-order valence-electron chi connectivity index (χ4n) is 3.18. The second-order valence-electron chi connectivity index (χ2n) is 5.90. The first-order chi connectivity index (χ1) is 9.99. The van der Waals surface area contributed by atoms with E-state index >= 15 is 0 Å². The maximum absolute atomic E-state index is 12.2. The quantitative estimate of drug-likeness (QED) is 0.554. The van der Waals surface area contributed by atoms with Crippen LogP contribution in [0.4, 0.5) is 0 Å². The van der Waals surface area contributed by atoms with Crippen molar-refractivity contribution in [3.8, 4) is 0 Å². The molecule has 2 saturated heterocycles. The Morgan fingerprint density at radius 2 is 1.95 bits per heavy atom. The molecular weight excluding hydrogens is 273 g/mol. The van der Waals surface area contributed by atoms with Gasteiger partial charge in [-0.05, 0) is 25.7 Å².